The first-order valence-corrected chi connectivity index (χ1v) is 6.87. The van der Waals surface area contributed by atoms with Gasteiger partial charge in [0.1, 0.15) is 0 Å². The predicted molar refractivity (Wildman–Crippen MR) is 101 cm³/mol. The Hall–Kier alpha value is -2.37. The first-order chi connectivity index (χ1) is 9.90. The lowest BCUT2D eigenvalue weighted by atomic mass is 10.1. The zero-order valence-electron chi connectivity index (χ0n) is 13.1. The minimum Gasteiger partial charge on any atom is -0.370 e. The van der Waals surface area contributed by atoms with Gasteiger partial charge in [0.2, 0.25) is 0 Å². The van der Waals surface area contributed by atoms with Crippen molar-refractivity contribution in [2.24, 2.45) is 16.5 Å². The summed E-state index contributed by atoms with van der Waals surface area (Å²) < 4.78 is 0. The van der Waals surface area contributed by atoms with Crippen molar-refractivity contribution in [3.63, 3.8) is 0 Å². The second kappa shape index (κ2) is 13.3. The van der Waals surface area contributed by atoms with Crippen molar-refractivity contribution < 1.29 is 11.0 Å². The summed E-state index contributed by atoms with van der Waals surface area (Å²) in [5.41, 5.74) is 10.9. The van der Waals surface area contributed by atoms with Gasteiger partial charge < -0.3 is 11.5 Å². The molecule has 134 valence electrons. The molecule has 0 saturated carbocycles. The number of carbonyl (C=O) groups excluding carboxylic acids is 2. The number of nitrogens with two attached hydrogens (primary N) is 2. The van der Waals surface area contributed by atoms with Crippen molar-refractivity contribution in [2.45, 2.75) is 42.0 Å². The minimum absolute atomic E-state index is 0. The molecule has 1 aliphatic rings. The van der Waals surface area contributed by atoms with Crippen LogP contribution >= 0.6 is 0 Å². The summed E-state index contributed by atoms with van der Waals surface area (Å²) in [6.07, 6.45) is 1.25. The summed E-state index contributed by atoms with van der Waals surface area (Å²) in [4.78, 5) is 27.4. The van der Waals surface area contributed by atoms with E-state index in [1.54, 1.807) is 24.3 Å². The van der Waals surface area contributed by atoms with E-state index in [9.17, 15) is 9.59 Å². The lowest BCUT2D eigenvalue weighted by Crippen LogP contribution is -2.24. The molecule has 1 heterocycles. The highest BCUT2D eigenvalue weighted by Crippen LogP contribution is 2.20. The molecule has 0 bridgehead atoms. The van der Waals surface area contributed by atoms with Gasteiger partial charge in [-0.05, 0) is 19.1 Å². The molecule has 2 rings (SSSR count). The maximum Gasteiger partial charge on any atom is 0.261 e. The largest absolute Gasteiger partial charge is 0.370 e. The minimum atomic E-state index is -0.212. The van der Waals surface area contributed by atoms with E-state index in [2.05, 4.69) is 18.8 Å². The third kappa shape index (κ3) is 7.99. The van der Waals surface area contributed by atoms with Crippen molar-refractivity contribution in [2.75, 3.05) is 13.6 Å². The molecule has 0 aliphatic carbocycles. The summed E-state index contributed by atoms with van der Waals surface area (Å²) in [6, 6.07) is 6.84. The van der Waals surface area contributed by atoms with E-state index >= 15 is 0 Å². The molecule has 0 unspecified atom stereocenters. The molecule has 4 N–H and O–H groups in total. The number of benzene rings is 1. The summed E-state index contributed by atoms with van der Waals surface area (Å²) in [5.74, 6) is -0.260. The third-order valence-electron chi connectivity index (χ3n) is 2.34. The summed E-state index contributed by atoms with van der Waals surface area (Å²) >= 11 is 0. The molecule has 0 aromatic heterocycles. The topological polar surface area (TPSA) is 102 Å². The van der Waals surface area contributed by atoms with E-state index in [0.717, 1.165) is 4.90 Å². The van der Waals surface area contributed by atoms with Crippen molar-refractivity contribution in [1.29, 1.82) is 0 Å². The van der Waals surface area contributed by atoms with Crippen LogP contribution in [0.25, 0.3) is 0 Å². The van der Waals surface area contributed by atoms with Crippen LogP contribution in [0.3, 0.4) is 0 Å². The van der Waals surface area contributed by atoms with Crippen LogP contribution < -0.4 is 11.5 Å². The summed E-state index contributed by atoms with van der Waals surface area (Å²) in [5, 5.41) is 0. The number of hydrogen-bond donors (Lipinski definition) is 2. The first kappa shape index (κ1) is 25.6. The molecule has 0 spiro atoms. The molecule has 2 amide bonds. The van der Waals surface area contributed by atoms with Crippen LogP contribution in [0, 0.1) is 0 Å². The van der Waals surface area contributed by atoms with Crippen molar-refractivity contribution >= 4 is 17.8 Å². The fourth-order valence-corrected chi connectivity index (χ4v) is 1.49. The zero-order chi connectivity index (χ0) is 16.4. The van der Waals surface area contributed by atoms with Crippen LogP contribution in [-0.2, 0) is 0 Å². The van der Waals surface area contributed by atoms with Gasteiger partial charge in [0.15, 0.2) is 5.96 Å². The number of carbonyl (C=O) groups is 2. The maximum absolute atomic E-state index is 11.3. The lowest BCUT2D eigenvalue weighted by molar-refractivity contribution is 0.0693. The molecule has 0 radical (unpaired) electrons. The average Bonchev–Trinajstić information content (AvgIpc) is 2.66. The Morgan fingerprint density at radius 1 is 1.04 bits per heavy atom. The Morgan fingerprint density at radius 3 is 1.61 bits per heavy atom. The summed E-state index contributed by atoms with van der Waals surface area (Å²) in [7, 11) is 1.49. The molecule has 1 aromatic carbocycles. The highest BCUT2D eigenvalue weighted by atomic mass is 16.2. The molecule has 23 heavy (non-hydrogen) atoms. The number of fused-ring (bicyclic) bond motifs is 1. The van der Waals surface area contributed by atoms with Gasteiger partial charge in [-0.3, -0.25) is 19.5 Å². The number of imide groups is 1. The summed E-state index contributed by atoms with van der Waals surface area (Å²) in [6.45, 7) is 6.79. The Balaban J connectivity index is -0.000000146. The molecular formula is C17H34N4O2. The van der Waals surface area contributed by atoms with Crippen molar-refractivity contribution in [3.05, 3.63) is 35.4 Å². The highest BCUT2D eigenvalue weighted by molar-refractivity contribution is 6.21. The van der Waals surface area contributed by atoms with E-state index in [0.29, 0.717) is 17.7 Å². The van der Waals surface area contributed by atoms with Crippen LogP contribution in [-0.4, -0.2) is 36.3 Å². The number of nitrogens with zero attached hydrogens (tertiary/aromatic N) is 2. The number of amides is 2. The lowest BCUT2D eigenvalue weighted by Gasteiger charge is -2.02. The van der Waals surface area contributed by atoms with E-state index in [1.807, 2.05) is 6.92 Å². The molecule has 6 heteroatoms. The molecular weight excluding hydrogens is 292 g/mol. The first-order valence-electron chi connectivity index (χ1n) is 6.87. The van der Waals surface area contributed by atoms with Crippen molar-refractivity contribution in [1.82, 2.24) is 4.90 Å². The zero-order valence-corrected chi connectivity index (χ0v) is 13.1. The third-order valence-corrected chi connectivity index (χ3v) is 2.34. The van der Waals surface area contributed by atoms with Crippen LogP contribution in [0.1, 0.15) is 64.2 Å². The molecule has 0 atom stereocenters. The fraction of sp³-hybridized carbons (Fsp3) is 0.471. The Morgan fingerprint density at radius 2 is 1.39 bits per heavy atom. The smallest absolute Gasteiger partial charge is 0.261 e. The molecule has 6 nitrogen and oxygen atoms in total. The van der Waals surface area contributed by atoms with E-state index in [4.69, 9.17) is 11.5 Å². The van der Waals surface area contributed by atoms with Crippen LogP contribution in [0.5, 0.6) is 0 Å². The van der Waals surface area contributed by atoms with Crippen molar-refractivity contribution in [3.8, 4) is 0 Å². The van der Waals surface area contributed by atoms with Gasteiger partial charge in [-0.2, -0.15) is 0 Å². The Kier molecular flexibility index (Phi) is 14.8. The van der Waals surface area contributed by atoms with Gasteiger partial charge in [0.25, 0.3) is 11.8 Å². The molecule has 1 aliphatic heterocycles. The van der Waals surface area contributed by atoms with Crippen LogP contribution in [0.2, 0.25) is 0 Å². The molecule has 0 saturated heterocycles. The Bertz CT molecular complexity index is 480. The highest BCUT2D eigenvalue weighted by Gasteiger charge is 2.31. The van der Waals surface area contributed by atoms with Gasteiger partial charge in [0.05, 0.1) is 11.1 Å². The fourth-order valence-electron chi connectivity index (χ4n) is 1.49. The predicted octanol–water partition coefficient (Wildman–Crippen LogP) is 3.13. The second-order valence-electron chi connectivity index (χ2n) is 4.32. The van der Waals surface area contributed by atoms with Gasteiger partial charge in [-0.25, -0.2) is 0 Å². The number of aliphatic imine (C=N–C) groups is 1. The molecule has 1 aromatic rings. The van der Waals surface area contributed by atoms with Gasteiger partial charge in [-0.15, -0.1) is 0 Å². The number of guanidine groups is 1. The van der Waals surface area contributed by atoms with Crippen LogP contribution in [0.4, 0.5) is 0 Å². The van der Waals surface area contributed by atoms with Gasteiger partial charge in [0, 0.05) is 15.0 Å². The monoisotopic (exact) mass is 326 g/mol. The van der Waals surface area contributed by atoms with Gasteiger partial charge in [-0.1, -0.05) is 47.3 Å². The SMILES string of the molecule is C.C.CCC.CCN=C(N)N.CN1C(=O)c2ccccc2C1=O.[HH]. The van der Waals surface area contributed by atoms with E-state index in [-0.39, 0.29) is 34.1 Å². The van der Waals surface area contributed by atoms with Crippen LogP contribution in [0.15, 0.2) is 29.3 Å². The maximum atomic E-state index is 11.3. The average molecular weight is 326 g/mol. The normalized spacial score (nSPS) is 10.7. The second-order valence-corrected chi connectivity index (χ2v) is 4.32. The number of hydrogen-bond acceptors (Lipinski definition) is 3. The van der Waals surface area contributed by atoms with E-state index in [1.165, 1.54) is 13.5 Å². The Labute approximate surface area is 142 Å². The number of rotatable bonds is 1. The molecule has 0 fully saturated rings. The van der Waals surface area contributed by atoms with E-state index < -0.39 is 0 Å². The quantitative estimate of drug-likeness (QED) is 0.470. The standard InChI is InChI=1S/C9H7NO2.C3H9N3.C3H8.2CH4.H2/c1-10-8(11)6-4-2-3-5-7(6)9(10)12;1-2-6-3(4)5;1-3-2;;;/h2-5H,1H3;2H2,1H3,(H4,4,5,6);3H2,1-2H3;2*1H4;1H. The van der Waals surface area contributed by atoms with Gasteiger partial charge >= 0.3 is 0 Å².